The predicted octanol–water partition coefficient (Wildman–Crippen LogP) is 2.36. The smallest absolute Gasteiger partial charge is 0.414 e. The number of ether oxygens (including phenoxy) is 1. The van der Waals surface area contributed by atoms with Crippen LogP contribution in [0.5, 0.6) is 0 Å². The van der Waals surface area contributed by atoms with Crippen LogP contribution in [0.4, 0.5) is 15.3 Å². The highest BCUT2D eigenvalue weighted by Crippen LogP contribution is 2.27. The van der Waals surface area contributed by atoms with E-state index in [2.05, 4.69) is 10.0 Å². The van der Waals surface area contributed by atoms with Crippen molar-refractivity contribution in [1.29, 1.82) is 0 Å². The topological polar surface area (TPSA) is 98.6 Å². The number of hydrogen-bond acceptors (Lipinski definition) is 4. The third-order valence-corrected chi connectivity index (χ3v) is 4.27. The van der Waals surface area contributed by atoms with E-state index < -0.39 is 18.0 Å². The Balaban J connectivity index is 1.79. The summed E-state index contributed by atoms with van der Waals surface area (Å²) in [5.41, 5.74) is 11.2. The molecular weight excluding hydrogens is 309 g/mol. The van der Waals surface area contributed by atoms with E-state index in [4.69, 9.17) is 18.1 Å². The van der Waals surface area contributed by atoms with E-state index in [0.29, 0.717) is 19.6 Å². The molecule has 1 aromatic carbocycles. The van der Waals surface area contributed by atoms with Crippen LogP contribution < -0.4 is 4.90 Å². The Morgan fingerprint density at radius 3 is 3.04 bits per heavy atom. The summed E-state index contributed by atoms with van der Waals surface area (Å²) in [6, 6.07) is 5.71. The third-order valence-electron chi connectivity index (χ3n) is 4.27. The summed E-state index contributed by atoms with van der Waals surface area (Å²) in [7, 11) is 5.38. The fourth-order valence-electron chi connectivity index (χ4n) is 3.06. The van der Waals surface area contributed by atoms with E-state index >= 15 is 0 Å². The number of nitrogens with zero attached hydrogens (tertiary/aromatic N) is 5. The zero-order valence-electron chi connectivity index (χ0n) is 13.1. The van der Waals surface area contributed by atoms with Crippen molar-refractivity contribution in [3.8, 4) is 0 Å². The van der Waals surface area contributed by atoms with Crippen LogP contribution in [0.15, 0.2) is 23.3 Å². The van der Waals surface area contributed by atoms with Crippen molar-refractivity contribution in [2.75, 3.05) is 24.5 Å². The number of cyclic esters (lactones) is 1. The molecule has 122 valence electrons. The van der Waals surface area contributed by atoms with Gasteiger partial charge >= 0.3 is 6.09 Å². The summed E-state index contributed by atoms with van der Waals surface area (Å²) >= 11 is 0. The van der Waals surface area contributed by atoms with Crippen LogP contribution >= 0.6 is 0 Å². The number of aryl methyl sites for hydroxylation is 1. The lowest BCUT2D eigenvalue weighted by Gasteiger charge is -2.20. The fraction of sp³-hybridized carbons (Fsp3) is 0.467. The molecule has 0 bridgehead atoms. The SMILES string of the molecule is [B]C(=O)N1CCCc2cc(N3C[C@H](CN=[N+]=[N-])OC3=O)ccc2C1. The predicted molar refractivity (Wildman–Crippen MR) is 88.0 cm³/mol. The molecule has 0 aromatic heterocycles. The van der Waals surface area contributed by atoms with Crippen molar-refractivity contribution in [2.45, 2.75) is 25.5 Å². The average molecular weight is 325 g/mol. The third kappa shape index (κ3) is 3.31. The van der Waals surface area contributed by atoms with Gasteiger partial charge < -0.3 is 9.64 Å². The fourth-order valence-corrected chi connectivity index (χ4v) is 3.06. The summed E-state index contributed by atoms with van der Waals surface area (Å²) in [6.45, 7) is 1.58. The van der Waals surface area contributed by atoms with E-state index in [9.17, 15) is 9.59 Å². The second-order valence-electron chi connectivity index (χ2n) is 5.85. The van der Waals surface area contributed by atoms with Gasteiger partial charge in [0, 0.05) is 23.7 Å². The minimum Gasteiger partial charge on any atom is -0.444 e. The van der Waals surface area contributed by atoms with Gasteiger partial charge in [-0.2, -0.15) is 0 Å². The lowest BCUT2D eigenvalue weighted by molar-refractivity contribution is 0.145. The quantitative estimate of drug-likeness (QED) is 0.369. The summed E-state index contributed by atoms with van der Waals surface area (Å²) < 4.78 is 5.20. The van der Waals surface area contributed by atoms with Gasteiger partial charge in [0.05, 0.1) is 13.1 Å². The molecule has 2 aliphatic rings. The van der Waals surface area contributed by atoms with Crippen LogP contribution in [0.2, 0.25) is 0 Å². The Labute approximate surface area is 140 Å². The maximum Gasteiger partial charge on any atom is 0.414 e. The number of rotatable bonds is 3. The molecule has 1 aromatic rings. The van der Waals surface area contributed by atoms with Crippen molar-refractivity contribution in [3.63, 3.8) is 0 Å². The summed E-state index contributed by atoms with van der Waals surface area (Å²) in [5.74, 6) is -0.420. The monoisotopic (exact) mass is 325 g/mol. The summed E-state index contributed by atoms with van der Waals surface area (Å²) in [6.07, 6.45) is 0.763. The molecule has 0 saturated carbocycles. The van der Waals surface area contributed by atoms with Crippen LogP contribution in [0, 0.1) is 0 Å². The van der Waals surface area contributed by atoms with Crippen molar-refractivity contribution in [3.05, 3.63) is 39.8 Å². The molecule has 24 heavy (non-hydrogen) atoms. The lowest BCUT2D eigenvalue weighted by atomic mass is 10.0. The number of azide groups is 1. The Morgan fingerprint density at radius 1 is 1.46 bits per heavy atom. The molecule has 8 nitrogen and oxygen atoms in total. The first kappa shape index (κ1) is 16.2. The largest absolute Gasteiger partial charge is 0.444 e. The van der Waals surface area contributed by atoms with E-state index in [1.165, 1.54) is 4.90 Å². The van der Waals surface area contributed by atoms with E-state index in [-0.39, 0.29) is 6.54 Å². The molecule has 2 radical (unpaired) electrons. The van der Waals surface area contributed by atoms with Crippen LogP contribution in [0.25, 0.3) is 10.4 Å². The summed E-state index contributed by atoms with van der Waals surface area (Å²) in [4.78, 5) is 29.3. The van der Waals surface area contributed by atoms with Gasteiger partial charge in [0.25, 0.3) is 0 Å². The van der Waals surface area contributed by atoms with Crippen LogP contribution in [0.3, 0.4) is 0 Å². The molecule has 2 amide bonds. The lowest BCUT2D eigenvalue weighted by Crippen LogP contribution is -2.29. The molecule has 0 N–H and O–H groups in total. The minimum absolute atomic E-state index is 0.122. The van der Waals surface area contributed by atoms with E-state index in [1.54, 1.807) is 4.90 Å². The van der Waals surface area contributed by atoms with Gasteiger partial charge in [-0.15, -0.1) is 0 Å². The van der Waals surface area contributed by atoms with Crippen molar-refractivity contribution in [1.82, 2.24) is 4.90 Å². The zero-order chi connectivity index (χ0) is 17.1. The highest BCUT2D eigenvalue weighted by atomic mass is 16.6. The molecule has 2 heterocycles. The van der Waals surface area contributed by atoms with Crippen LogP contribution in [-0.2, 0) is 17.7 Å². The first-order chi connectivity index (χ1) is 11.6. The first-order valence-corrected chi connectivity index (χ1v) is 7.73. The number of carbonyl (C=O) groups excluding carboxylic acids is 2. The highest BCUT2D eigenvalue weighted by molar-refractivity contribution is 6.56. The Kier molecular flexibility index (Phi) is 4.62. The van der Waals surface area contributed by atoms with Crippen LogP contribution in [0.1, 0.15) is 17.5 Å². The van der Waals surface area contributed by atoms with Crippen molar-refractivity contribution >= 4 is 25.4 Å². The summed E-state index contributed by atoms with van der Waals surface area (Å²) in [5, 5.41) is 3.45. The Bertz CT molecular complexity index is 719. The first-order valence-electron chi connectivity index (χ1n) is 7.73. The molecule has 1 fully saturated rings. The number of hydrogen-bond donors (Lipinski definition) is 0. The van der Waals surface area contributed by atoms with E-state index in [1.807, 2.05) is 18.2 Å². The maximum absolute atomic E-state index is 12.0. The molecule has 2 aliphatic heterocycles. The molecule has 0 unspecified atom stereocenters. The Hall–Kier alpha value is -2.67. The van der Waals surface area contributed by atoms with Gasteiger partial charge in [0.2, 0.25) is 7.85 Å². The van der Waals surface area contributed by atoms with Gasteiger partial charge in [-0.1, -0.05) is 11.2 Å². The normalized spacial score (nSPS) is 20.0. The van der Waals surface area contributed by atoms with Crippen molar-refractivity contribution < 1.29 is 14.3 Å². The van der Waals surface area contributed by atoms with Gasteiger partial charge in [-0.05, 0) is 41.6 Å². The maximum atomic E-state index is 12.0. The van der Waals surface area contributed by atoms with Gasteiger partial charge in [0.1, 0.15) is 6.10 Å². The molecule has 1 saturated heterocycles. The number of fused-ring (bicyclic) bond motifs is 1. The Morgan fingerprint density at radius 2 is 2.29 bits per heavy atom. The molecule has 1 atom stereocenters. The number of carbonyl (C=O) groups is 2. The molecule has 0 spiro atoms. The molecule has 0 aliphatic carbocycles. The molecular formula is C15H16BN5O3. The average Bonchev–Trinajstić information content (AvgIpc) is 2.80. The van der Waals surface area contributed by atoms with Crippen molar-refractivity contribution in [2.24, 2.45) is 5.11 Å². The molecule has 3 rings (SSSR count). The second-order valence-corrected chi connectivity index (χ2v) is 5.85. The number of amides is 2. The molecule has 9 heteroatoms. The van der Waals surface area contributed by atoms with Gasteiger partial charge in [0.15, 0.2) is 5.81 Å². The van der Waals surface area contributed by atoms with Crippen LogP contribution in [-0.4, -0.2) is 50.4 Å². The standard InChI is InChI=1S/C15H16BN5O3/c16-14(22)20-5-1-2-10-6-12(4-3-11(10)8-20)21-9-13(7-18-19-17)24-15(21)23/h3-4,6,13H,1-2,5,7-9H2/t13-/m0/s1. The highest BCUT2D eigenvalue weighted by Gasteiger charge is 2.32. The number of anilines is 1. The minimum atomic E-state index is -0.444. The second kappa shape index (κ2) is 6.84. The van der Waals surface area contributed by atoms with Gasteiger partial charge in [-0.25, -0.2) is 4.79 Å². The van der Waals surface area contributed by atoms with E-state index in [0.717, 1.165) is 29.7 Å². The van der Waals surface area contributed by atoms with Gasteiger partial charge in [-0.3, -0.25) is 9.69 Å². The zero-order valence-corrected chi connectivity index (χ0v) is 13.1. The number of benzene rings is 1.